The number of benzene rings is 1. The van der Waals surface area contributed by atoms with Gasteiger partial charge in [0.15, 0.2) is 0 Å². The van der Waals surface area contributed by atoms with E-state index >= 15 is 0 Å². The molecule has 1 atom stereocenters. The van der Waals surface area contributed by atoms with Crippen molar-refractivity contribution >= 4 is 10.0 Å². The summed E-state index contributed by atoms with van der Waals surface area (Å²) in [6.45, 7) is 7.62. The zero-order valence-electron chi connectivity index (χ0n) is 13.1. The summed E-state index contributed by atoms with van der Waals surface area (Å²) in [6.07, 6.45) is 3.29. The van der Waals surface area contributed by atoms with Crippen LogP contribution in [0.4, 0.5) is 0 Å². The highest BCUT2D eigenvalue weighted by Crippen LogP contribution is 2.48. The first-order valence-corrected chi connectivity index (χ1v) is 9.24. The average molecular weight is 310 g/mol. The van der Waals surface area contributed by atoms with Crippen molar-refractivity contribution in [2.75, 3.05) is 13.1 Å². The third-order valence-corrected chi connectivity index (χ3v) is 5.92. The van der Waals surface area contributed by atoms with E-state index < -0.39 is 10.0 Å². The Morgan fingerprint density at radius 2 is 2.00 bits per heavy atom. The first-order chi connectivity index (χ1) is 9.92. The number of hydrogen-bond acceptors (Lipinski definition) is 3. The van der Waals surface area contributed by atoms with Crippen molar-refractivity contribution in [2.24, 2.45) is 5.41 Å². The molecule has 118 valence electrons. The number of hydrogen-bond donors (Lipinski definition) is 2. The van der Waals surface area contributed by atoms with E-state index in [2.05, 4.69) is 17.0 Å². The molecule has 0 amide bonds. The predicted octanol–water partition coefficient (Wildman–Crippen LogP) is 2.83. The van der Waals surface area contributed by atoms with Gasteiger partial charge in [0.25, 0.3) is 0 Å². The van der Waals surface area contributed by atoms with Crippen LogP contribution >= 0.6 is 0 Å². The molecular formula is C16H26N2O2S. The summed E-state index contributed by atoms with van der Waals surface area (Å²) >= 11 is 0. The van der Waals surface area contributed by atoms with E-state index in [1.807, 2.05) is 26.0 Å². The first-order valence-electron chi connectivity index (χ1n) is 7.75. The normalized spacial score (nSPS) is 18.4. The molecule has 1 fully saturated rings. The molecule has 21 heavy (non-hydrogen) atoms. The highest BCUT2D eigenvalue weighted by Gasteiger charge is 2.41. The summed E-state index contributed by atoms with van der Waals surface area (Å²) < 4.78 is 27.6. The zero-order valence-corrected chi connectivity index (χ0v) is 14.0. The van der Waals surface area contributed by atoms with Crippen LogP contribution in [0, 0.1) is 5.41 Å². The van der Waals surface area contributed by atoms with Gasteiger partial charge in [0, 0.05) is 12.6 Å². The second-order valence-electron chi connectivity index (χ2n) is 6.03. The van der Waals surface area contributed by atoms with Gasteiger partial charge >= 0.3 is 0 Å². The zero-order chi connectivity index (χ0) is 15.5. The van der Waals surface area contributed by atoms with Gasteiger partial charge < -0.3 is 5.32 Å². The minimum atomic E-state index is -3.41. The lowest BCUT2D eigenvalue weighted by atomic mass is 10.1. The highest BCUT2D eigenvalue weighted by atomic mass is 32.2. The van der Waals surface area contributed by atoms with Crippen molar-refractivity contribution in [3.05, 3.63) is 29.8 Å². The summed E-state index contributed by atoms with van der Waals surface area (Å²) in [7, 11) is -3.41. The van der Waals surface area contributed by atoms with E-state index in [1.165, 1.54) is 0 Å². The summed E-state index contributed by atoms with van der Waals surface area (Å²) in [4.78, 5) is 0.358. The Hall–Kier alpha value is -0.910. The lowest BCUT2D eigenvalue weighted by Gasteiger charge is -2.16. The summed E-state index contributed by atoms with van der Waals surface area (Å²) in [6, 6.07) is 7.35. The van der Waals surface area contributed by atoms with E-state index in [9.17, 15) is 8.42 Å². The summed E-state index contributed by atoms with van der Waals surface area (Å²) in [5.41, 5.74) is 1.21. The fraction of sp³-hybridized carbons (Fsp3) is 0.625. The molecule has 1 saturated carbocycles. The molecule has 0 aromatic heterocycles. The van der Waals surface area contributed by atoms with Crippen LogP contribution in [0.5, 0.6) is 0 Å². The van der Waals surface area contributed by atoms with Gasteiger partial charge in [0.2, 0.25) is 10.0 Å². The number of nitrogens with one attached hydrogen (secondary N) is 2. The van der Waals surface area contributed by atoms with Gasteiger partial charge in [-0.05, 0) is 55.8 Å². The second kappa shape index (κ2) is 6.46. The van der Waals surface area contributed by atoms with E-state index in [4.69, 9.17) is 0 Å². The van der Waals surface area contributed by atoms with Crippen LogP contribution in [-0.4, -0.2) is 21.5 Å². The third-order valence-electron chi connectivity index (χ3n) is 4.52. The number of sulfonamides is 1. The Balaban J connectivity index is 2.10. The van der Waals surface area contributed by atoms with E-state index in [0.29, 0.717) is 11.4 Å². The Morgan fingerprint density at radius 3 is 2.57 bits per heavy atom. The largest absolute Gasteiger partial charge is 0.310 e. The van der Waals surface area contributed by atoms with Gasteiger partial charge in [-0.1, -0.05) is 26.0 Å². The maximum Gasteiger partial charge on any atom is 0.240 e. The topological polar surface area (TPSA) is 58.2 Å². The molecule has 2 N–H and O–H groups in total. The molecule has 5 heteroatoms. The van der Waals surface area contributed by atoms with E-state index in [0.717, 1.165) is 31.4 Å². The SMILES string of the molecule is CCNC(C)c1cccc(S(=O)(=O)NCC2(CC)CC2)c1. The molecule has 1 aliphatic rings. The molecule has 2 rings (SSSR count). The van der Waals surface area contributed by atoms with Gasteiger partial charge in [-0.2, -0.15) is 0 Å². The van der Waals surface area contributed by atoms with Crippen molar-refractivity contribution in [2.45, 2.75) is 51.0 Å². The monoisotopic (exact) mass is 310 g/mol. The standard InChI is InChI=1S/C16H26N2O2S/c1-4-16(9-10-16)12-18-21(19,20)15-8-6-7-14(11-15)13(3)17-5-2/h6-8,11,13,17-18H,4-5,9-10,12H2,1-3H3. The summed E-state index contributed by atoms with van der Waals surface area (Å²) in [5, 5.41) is 3.30. The molecule has 1 unspecified atom stereocenters. The minimum Gasteiger partial charge on any atom is -0.310 e. The Morgan fingerprint density at radius 1 is 1.29 bits per heavy atom. The maximum absolute atomic E-state index is 12.4. The van der Waals surface area contributed by atoms with Crippen molar-refractivity contribution < 1.29 is 8.42 Å². The molecular weight excluding hydrogens is 284 g/mol. The lowest BCUT2D eigenvalue weighted by Crippen LogP contribution is -2.30. The van der Waals surface area contributed by atoms with Crippen LogP contribution < -0.4 is 10.0 Å². The quantitative estimate of drug-likeness (QED) is 0.776. The Kier molecular flexibility index (Phi) is 5.07. The fourth-order valence-corrected chi connectivity index (χ4v) is 3.75. The second-order valence-corrected chi connectivity index (χ2v) is 7.80. The Bertz CT molecular complexity index is 580. The molecule has 1 aromatic rings. The molecule has 0 bridgehead atoms. The average Bonchev–Trinajstić information content (AvgIpc) is 3.26. The molecule has 0 saturated heterocycles. The summed E-state index contributed by atoms with van der Waals surface area (Å²) in [5.74, 6) is 0. The van der Waals surface area contributed by atoms with Crippen LogP contribution in [0.2, 0.25) is 0 Å². The highest BCUT2D eigenvalue weighted by molar-refractivity contribution is 7.89. The van der Waals surface area contributed by atoms with Crippen LogP contribution in [-0.2, 0) is 10.0 Å². The van der Waals surface area contributed by atoms with Gasteiger partial charge in [0.05, 0.1) is 4.90 Å². The van der Waals surface area contributed by atoms with Gasteiger partial charge in [-0.3, -0.25) is 0 Å². The van der Waals surface area contributed by atoms with Crippen LogP contribution in [0.25, 0.3) is 0 Å². The molecule has 1 aliphatic carbocycles. The van der Waals surface area contributed by atoms with Gasteiger partial charge in [-0.15, -0.1) is 0 Å². The van der Waals surface area contributed by atoms with E-state index in [1.54, 1.807) is 12.1 Å². The van der Waals surface area contributed by atoms with E-state index in [-0.39, 0.29) is 11.5 Å². The van der Waals surface area contributed by atoms with Crippen molar-refractivity contribution in [3.8, 4) is 0 Å². The molecule has 0 radical (unpaired) electrons. The van der Waals surface area contributed by atoms with Crippen molar-refractivity contribution in [1.82, 2.24) is 10.0 Å². The smallest absolute Gasteiger partial charge is 0.240 e. The maximum atomic E-state index is 12.4. The van der Waals surface area contributed by atoms with Gasteiger partial charge in [-0.25, -0.2) is 13.1 Å². The minimum absolute atomic E-state index is 0.149. The molecule has 0 spiro atoms. The van der Waals surface area contributed by atoms with Crippen LogP contribution in [0.15, 0.2) is 29.2 Å². The van der Waals surface area contributed by atoms with Crippen LogP contribution in [0.1, 0.15) is 51.6 Å². The molecule has 1 aromatic carbocycles. The molecule has 0 heterocycles. The Labute approximate surface area is 128 Å². The molecule has 4 nitrogen and oxygen atoms in total. The van der Waals surface area contributed by atoms with Crippen molar-refractivity contribution in [1.29, 1.82) is 0 Å². The number of rotatable bonds is 8. The third kappa shape index (κ3) is 4.05. The van der Waals surface area contributed by atoms with Gasteiger partial charge in [0.1, 0.15) is 0 Å². The first kappa shape index (κ1) is 16.5. The molecule has 0 aliphatic heterocycles. The van der Waals surface area contributed by atoms with Crippen molar-refractivity contribution in [3.63, 3.8) is 0 Å². The fourth-order valence-electron chi connectivity index (χ4n) is 2.54. The van der Waals surface area contributed by atoms with Crippen LogP contribution in [0.3, 0.4) is 0 Å². The lowest BCUT2D eigenvalue weighted by molar-refractivity contribution is 0.475. The predicted molar refractivity (Wildman–Crippen MR) is 85.7 cm³/mol.